The van der Waals surface area contributed by atoms with E-state index >= 15 is 0 Å². The zero-order valence-corrected chi connectivity index (χ0v) is 10.9. The number of aromatic nitrogens is 1. The molecule has 0 aliphatic rings. The molecule has 0 fully saturated rings. The first-order chi connectivity index (χ1) is 5.72. The van der Waals surface area contributed by atoms with Crippen LogP contribution >= 0.6 is 12.6 Å². The zero-order valence-electron chi connectivity index (χ0n) is 7.06. The van der Waals surface area contributed by atoms with Gasteiger partial charge in [0.05, 0.1) is 6.61 Å². The van der Waals surface area contributed by atoms with Crippen molar-refractivity contribution in [3.8, 4) is 0 Å². The summed E-state index contributed by atoms with van der Waals surface area (Å²) in [5.41, 5.74) is 0. The van der Waals surface area contributed by atoms with E-state index in [1.807, 2.05) is 0 Å². The Kier molecular flexibility index (Phi) is 11.6. The van der Waals surface area contributed by atoms with Crippen LogP contribution < -0.4 is 4.73 Å². The number of hydrogen-bond donors (Lipinski definition) is 2. The Morgan fingerprint density at radius 1 is 1.54 bits per heavy atom. The number of alkyl halides is 1. The predicted molar refractivity (Wildman–Crippen MR) is 45.7 cm³/mol. The first-order valence-electron chi connectivity index (χ1n) is 3.26. The van der Waals surface area contributed by atoms with Crippen molar-refractivity contribution in [2.45, 2.75) is 5.03 Å². The Hall–Kier alpha value is -0.187. The molecule has 0 spiro atoms. The van der Waals surface area contributed by atoms with E-state index in [1.165, 1.54) is 6.20 Å². The fourth-order valence-corrected chi connectivity index (χ4v) is 0.572. The second-order valence-corrected chi connectivity index (χ2v) is 2.26. The molecule has 3 nitrogen and oxygen atoms in total. The third kappa shape index (κ3) is 8.15. The molecule has 1 aromatic rings. The number of aliphatic hydroxyl groups is 1. The maximum atomic E-state index is 10.5. The molecule has 0 saturated heterocycles. The van der Waals surface area contributed by atoms with Gasteiger partial charge >= 0.3 is 0 Å². The van der Waals surface area contributed by atoms with E-state index in [9.17, 15) is 9.60 Å². The molecule has 0 aliphatic heterocycles. The van der Waals surface area contributed by atoms with E-state index in [-0.39, 0.29) is 26.1 Å². The number of rotatable bonds is 1. The van der Waals surface area contributed by atoms with Crippen LogP contribution in [0.5, 0.6) is 0 Å². The zero-order chi connectivity index (χ0) is 9.40. The summed E-state index contributed by atoms with van der Waals surface area (Å²) < 4.78 is 11.2. The van der Waals surface area contributed by atoms with Gasteiger partial charge in [-0.05, 0) is 6.07 Å². The minimum Gasteiger partial charge on any atom is -0.618 e. The molecule has 1 rings (SSSR count). The molecule has 0 bridgehead atoms. The summed E-state index contributed by atoms with van der Waals surface area (Å²) in [7, 11) is 0. The molecule has 0 amide bonds. The number of hydrogen-bond acceptors (Lipinski definition) is 3. The van der Waals surface area contributed by atoms with Crippen molar-refractivity contribution in [3.63, 3.8) is 0 Å². The van der Waals surface area contributed by atoms with Gasteiger partial charge in [0.15, 0.2) is 6.20 Å². The van der Waals surface area contributed by atoms with E-state index in [0.29, 0.717) is 9.76 Å². The van der Waals surface area contributed by atoms with Crippen LogP contribution in [0.1, 0.15) is 0 Å². The average molecular weight is 257 g/mol. The van der Waals surface area contributed by atoms with Crippen LogP contribution in [-0.4, -0.2) is 18.4 Å². The van der Waals surface area contributed by atoms with Gasteiger partial charge in [0.2, 0.25) is 5.03 Å². The molecular weight excluding hydrogens is 247 g/mol. The molecule has 1 heterocycles. The topological polar surface area (TPSA) is 47.2 Å². The minimum atomic E-state index is -0.625. The first kappa shape index (κ1) is 15.3. The van der Waals surface area contributed by atoms with Crippen molar-refractivity contribution >= 4 is 12.6 Å². The molecule has 0 saturated carbocycles. The summed E-state index contributed by atoms with van der Waals surface area (Å²) in [5, 5.41) is 18.4. The van der Waals surface area contributed by atoms with Crippen LogP contribution in [0.25, 0.3) is 0 Å². The fraction of sp³-hybridized carbons (Fsp3) is 0.286. The maximum absolute atomic E-state index is 10.5. The molecule has 0 radical (unpaired) electrons. The normalized spacial score (nSPS) is 7.92. The first-order valence-corrected chi connectivity index (χ1v) is 3.71. The van der Waals surface area contributed by atoms with Gasteiger partial charge in [-0.25, -0.2) is 4.39 Å². The standard InChI is InChI=1S/C5H5NOS.C2H5FO.Zn/c7-6-4-2-1-3-5(6)8;3-1-2-4;/h1-4,8H;4H,1-2H2;. The van der Waals surface area contributed by atoms with E-state index in [2.05, 4.69) is 12.6 Å². The Bertz CT molecular complexity index is 204. The summed E-state index contributed by atoms with van der Waals surface area (Å²) in [5.74, 6) is 0. The van der Waals surface area contributed by atoms with Gasteiger partial charge in [-0.1, -0.05) is 12.6 Å². The predicted octanol–water partition coefficient (Wildman–Crippen LogP) is 0.554. The summed E-state index contributed by atoms with van der Waals surface area (Å²) in [6.07, 6.45) is 1.41. The summed E-state index contributed by atoms with van der Waals surface area (Å²) in [6, 6.07) is 5.06. The average Bonchev–Trinajstić information content (AvgIpc) is 2.11. The fourth-order valence-electron chi connectivity index (χ4n) is 0.419. The third-order valence-corrected chi connectivity index (χ3v) is 1.23. The summed E-state index contributed by atoms with van der Waals surface area (Å²) >= 11 is 3.85. The molecule has 0 aromatic carbocycles. The molecule has 1 aromatic heterocycles. The molecule has 1 N–H and O–H groups in total. The molecular formula is C7H10FNO2SZn. The van der Waals surface area contributed by atoms with Crippen molar-refractivity contribution < 1.29 is 33.7 Å². The second kappa shape index (κ2) is 9.90. The third-order valence-electron chi connectivity index (χ3n) is 0.888. The van der Waals surface area contributed by atoms with E-state index in [4.69, 9.17) is 5.11 Å². The van der Waals surface area contributed by atoms with Gasteiger partial charge in [0.1, 0.15) is 6.67 Å². The molecule has 6 heteroatoms. The SMILES string of the molecule is OCCF.[O-][n+]1ccccc1S.[Zn]. The summed E-state index contributed by atoms with van der Waals surface area (Å²) in [4.78, 5) is 0. The van der Waals surface area contributed by atoms with Crippen molar-refractivity contribution in [3.05, 3.63) is 29.6 Å². The quantitative estimate of drug-likeness (QED) is 0.334. The molecule has 70 valence electrons. The molecule has 13 heavy (non-hydrogen) atoms. The van der Waals surface area contributed by atoms with E-state index in [0.717, 1.165) is 0 Å². The number of thiol groups is 1. The number of halogens is 1. The minimum absolute atomic E-state index is 0. The van der Waals surface area contributed by atoms with Gasteiger partial charge < -0.3 is 10.3 Å². The summed E-state index contributed by atoms with van der Waals surface area (Å²) in [6.45, 7) is -0.972. The van der Waals surface area contributed by atoms with Gasteiger partial charge in [0.25, 0.3) is 0 Å². The van der Waals surface area contributed by atoms with Crippen molar-refractivity contribution in [1.29, 1.82) is 0 Å². The molecule has 0 atom stereocenters. The van der Waals surface area contributed by atoms with Crippen LogP contribution in [0.15, 0.2) is 29.4 Å². The van der Waals surface area contributed by atoms with Gasteiger partial charge in [0, 0.05) is 31.6 Å². The van der Waals surface area contributed by atoms with Gasteiger partial charge in [-0.15, -0.1) is 0 Å². The van der Waals surface area contributed by atoms with Crippen molar-refractivity contribution in [2.75, 3.05) is 13.3 Å². The Morgan fingerprint density at radius 3 is 2.31 bits per heavy atom. The van der Waals surface area contributed by atoms with Gasteiger partial charge in [-0.3, -0.25) is 0 Å². The number of pyridine rings is 1. The van der Waals surface area contributed by atoms with E-state index < -0.39 is 6.67 Å². The van der Waals surface area contributed by atoms with Crippen LogP contribution in [0.3, 0.4) is 0 Å². The largest absolute Gasteiger partial charge is 0.618 e. The number of aliphatic hydroxyl groups excluding tert-OH is 1. The van der Waals surface area contributed by atoms with E-state index in [1.54, 1.807) is 18.2 Å². The molecule has 0 unspecified atom stereocenters. The van der Waals surface area contributed by atoms with Crippen LogP contribution in [0, 0.1) is 5.21 Å². The Morgan fingerprint density at radius 2 is 2.08 bits per heavy atom. The van der Waals surface area contributed by atoms with Crippen molar-refractivity contribution in [1.82, 2.24) is 0 Å². The van der Waals surface area contributed by atoms with Gasteiger partial charge in [-0.2, -0.15) is 4.73 Å². The van der Waals surface area contributed by atoms with Crippen LogP contribution in [-0.2, 0) is 19.5 Å². The monoisotopic (exact) mass is 255 g/mol. The number of nitrogens with zero attached hydrogens (tertiary/aromatic N) is 1. The Labute approximate surface area is 94.3 Å². The van der Waals surface area contributed by atoms with Crippen molar-refractivity contribution in [2.24, 2.45) is 0 Å². The maximum Gasteiger partial charge on any atom is 0.248 e. The van der Waals surface area contributed by atoms with Crippen LogP contribution in [0.4, 0.5) is 4.39 Å². The van der Waals surface area contributed by atoms with Crippen LogP contribution in [0.2, 0.25) is 0 Å². The smallest absolute Gasteiger partial charge is 0.248 e. The Balaban J connectivity index is 0. The molecule has 0 aliphatic carbocycles. The second-order valence-electron chi connectivity index (χ2n) is 1.80.